The van der Waals surface area contributed by atoms with Crippen molar-refractivity contribution in [1.82, 2.24) is 20.2 Å². The minimum atomic E-state index is 0. The highest BCUT2D eigenvalue weighted by Crippen LogP contribution is 2.24. The molecule has 1 aromatic carbocycles. The fourth-order valence-electron chi connectivity index (χ4n) is 3.31. The first-order chi connectivity index (χ1) is 13.3. The van der Waals surface area contributed by atoms with Crippen LogP contribution in [-0.4, -0.2) is 34.5 Å². The van der Waals surface area contributed by atoms with E-state index in [0.717, 1.165) is 42.6 Å². The third-order valence-electron chi connectivity index (χ3n) is 4.77. The lowest BCUT2D eigenvalue weighted by atomic mass is 10.1. The van der Waals surface area contributed by atoms with Crippen LogP contribution in [0.15, 0.2) is 54.2 Å². The van der Waals surface area contributed by atoms with E-state index >= 15 is 0 Å². The molecule has 148 valence electrons. The molecule has 0 bridgehead atoms. The van der Waals surface area contributed by atoms with E-state index in [2.05, 4.69) is 45.7 Å². The van der Waals surface area contributed by atoms with Crippen LogP contribution in [0.3, 0.4) is 0 Å². The van der Waals surface area contributed by atoms with Gasteiger partial charge < -0.3 is 10.1 Å². The molecule has 1 aliphatic heterocycles. The summed E-state index contributed by atoms with van der Waals surface area (Å²) in [4.78, 5) is 11.5. The zero-order valence-electron chi connectivity index (χ0n) is 15.9. The summed E-state index contributed by atoms with van der Waals surface area (Å²) >= 11 is 1.67. The van der Waals surface area contributed by atoms with Gasteiger partial charge in [0.2, 0.25) is 0 Å². The van der Waals surface area contributed by atoms with Gasteiger partial charge in [-0.05, 0) is 30.7 Å². The Bertz CT molecular complexity index is 856. The third-order valence-corrected chi connectivity index (χ3v) is 5.64. The first-order valence-corrected chi connectivity index (χ1v) is 10.1. The molecule has 5 nitrogen and oxygen atoms in total. The molecule has 3 aromatic rings. The number of halogens is 1. The minimum absolute atomic E-state index is 0. The van der Waals surface area contributed by atoms with Gasteiger partial charge in [0.25, 0.3) is 0 Å². The quantitative estimate of drug-likeness (QED) is 0.658. The van der Waals surface area contributed by atoms with Crippen LogP contribution < -0.4 is 10.1 Å². The Kier molecular flexibility index (Phi) is 7.39. The molecule has 0 saturated carbocycles. The van der Waals surface area contributed by atoms with E-state index in [0.29, 0.717) is 12.6 Å². The van der Waals surface area contributed by atoms with Gasteiger partial charge in [0.15, 0.2) is 0 Å². The van der Waals surface area contributed by atoms with Gasteiger partial charge in [-0.15, -0.1) is 23.7 Å². The monoisotopic (exact) mass is 416 g/mol. The number of ether oxygens (including phenoxy) is 1. The molecular weight excluding hydrogens is 392 g/mol. The predicted octanol–water partition coefficient (Wildman–Crippen LogP) is 3.99. The van der Waals surface area contributed by atoms with Crippen LogP contribution >= 0.6 is 23.7 Å². The van der Waals surface area contributed by atoms with E-state index in [1.807, 2.05) is 30.6 Å². The first-order valence-electron chi connectivity index (χ1n) is 9.25. The molecule has 3 heterocycles. The number of pyridine rings is 1. The summed E-state index contributed by atoms with van der Waals surface area (Å²) < 4.78 is 5.86. The van der Waals surface area contributed by atoms with Crippen LogP contribution in [0.1, 0.15) is 27.9 Å². The van der Waals surface area contributed by atoms with Crippen molar-refractivity contribution in [2.75, 3.05) is 19.6 Å². The second kappa shape index (κ2) is 9.98. The van der Waals surface area contributed by atoms with Crippen molar-refractivity contribution in [3.8, 4) is 5.75 Å². The maximum Gasteiger partial charge on any atom is 0.140 e. The van der Waals surface area contributed by atoms with Crippen LogP contribution in [0, 0.1) is 6.92 Å². The number of benzene rings is 1. The lowest BCUT2D eigenvalue weighted by Crippen LogP contribution is -2.45. The maximum absolute atomic E-state index is 5.86. The Hall–Kier alpha value is -1.99. The zero-order valence-corrected chi connectivity index (χ0v) is 17.5. The third kappa shape index (κ3) is 5.29. The molecule has 0 spiro atoms. The molecule has 0 radical (unpaired) electrons. The summed E-state index contributed by atoms with van der Waals surface area (Å²) in [6.45, 7) is 6.39. The Morgan fingerprint density at radius 2 is 2.11 bits per heavy atom. The SMILES string of the molecule is Cc1ccc(OCc2nc(CN3CCNCC3c3cccnc3)cs2)cc1.Cl. The van der Waals surface area contributed by atoms with Gasteiger partial charge in [-0.25, -0.2) is 4.98 Å². The highest BCUT2D eigenvalue weighted by Gasteiger charge is 2.24. The molecule has 0 aliphatic carbocycles. The van der Waals surface area contributed by atoms with Crippen molar-refractivity contribution in [2.24, 2.45) is 0 Å². The number of hydrogen-bond donors (Lipinski definition) is 1. The summed E-state index contributed by atoms with van der Waals surface area (Å²) in [6.07, 6.45) is 3.79. The Labute approximate surface area is 176 Å². The summed E-state index contributed by atoms with van der Waals surface area (Å²) in [7, 11) is 0. The molecule has 1 N–H and O–H groups in total. The average Bonchev–Trinajstić information content (AvgIpc) is 3.16. The summed E-state index contributed by atoms with van der Waals surface area (Å²) in [6, 6.07) is 12.6. The Balaban J connectivity index is 0.00000225. The van der Waals surface area contributed by atoms with Crippen molar-refractivity contribution in [2.45, 2.75) is 26.1 Å². The van der Waals surface area contributed by atoms with Crippen LogP contribution in [0.4, 0.5) is 0 Å². The van der Waals surface area contributed by atoms with Crippen LogP contribution in [0.2, 0.25) is 0 Å². The molecular formula is C21H25ClN4OS. The molecule has 28 heavy (non-hydrogen) atoms. The first kappa shape index (κ1) is 20.7. The molecule has 1 aliphatic rings. The van der Waals surface area contributed by atoms with Crippen LogP contribution in [0.25, 0.3) is 0 Å². The number of thiazole rings is 1. The Morgan fingerprint density at radius 3 is 2.89 bits per heavy atom. The number of aryl methyl sites for hydroxylation is 1. The summed E-state index contributed by atoms with van der Waals surface area (Å²) in [5.74, 6) is 0.885. The number of rotatable bonds is 6. The number of hydrogen-bond acceptors (Lipinski definition) is 6. The van der Waals surface area contributed by atoms with Gasteiger partial charge in [-0.3, -0.25) is 9.88 Å². The van der Waals surface area contributed by atoms with Gasteiger partial charge in [0, 0.05) is 50.0 Å². The van der Waals surface area contributed by atoms with Crippen molar-refractivity contribution < 1.29 is 4.74 Å². The second-order valence-electron chi connectivity index (χ2n) is 6.81. The average molecular weight is 417 g/mol. The molecule has 1 saturated heterocycles. The van der Waals surface area contributed by atoms with E-state index in [4.69, 9.17) is 9.72 Å². The standard InChI is InChI=1S/C21H24N4OS.ClH/c1-16-4-6-19(7-5-16)26-14-21-24-18(15-27-21)13-25-10-9-23-12-20(25)17-3-2-8-22-11-17;/h2-8,11,15,20,23H,9-10,12-14H2,1H3;1H. The lowest BCUT2D eigenvalue weighted by molar-refractivity contribution is 0.152. The fraction of sp³-hybridized carbons (Fsp3) is 0.333. The maximum atomic E-state index is 5.86. The van der Waals surface area contributed by atoms with Gasteiger partial charge in [-0.2, -0.15) is 0 Å². The smallest absolute Gasteiger partial charge is 0.140 e. The molecule has 0 amide bonds. The molecule has 1 atom stereocenters. The van der Waals surface area contributed by atoms with Crippen LogP contribution in [0.5, 0.6) is 5.75 Å². The number of aromatic nitrogens is 2. The van der Waals surface area contributed by atoms with E-state index in [1.54, 1.807) is 11.3 Å². The highest BCUT2D eigenvalue weighted by molar-refractivity contribution is 7.09. The predicted molar refractivity (Wildman–Crippen MR) is 115 cm³/mol. The minimum Gasteiger partial charge on any atom is -0.486 e. The van der Waals surface area contributed by atoms with Crippen molar-refractivity contribution in [3.63, 3.8) is 0 Å². The molecule has 4 rings (SSSR count). The fourth-order valence-corrected chi connectivity index (χ4v) is 4.01. The zero-order chi connectivity index (χ0) is 18.5. The van der Waals surface area contributed by atoms with Crippen LogP contribution in [-0.2, 0) is 13.2 Å². The van der Waals surface area contributed by atoms with Crippen molar-refractivity contribution >= 4 is 23.7 Å². The van der Waals surface area contributed by atoms with Gasteiger partial charge in [0.05, 0.1) is 5.69 Å². The highest BCUT2D eigenvalue weighted by atomic mass is 35.5. The molecule has 1 unspecified atom stereocenters. The van der Waals surface area contributed by atoms with E-state index in [-0.39, 0.29) is 12.4 Å². The van der Waals surface area contributed by atoms with Crippen molar-refractivity contribution in [3.05, 3.63) is 76.0 Å². The van der Waals surface area contributed by atoms with E-state index in [9.17, 15) is 0 Å². The second-order valence-corrected chi connectivity index (χ2v) is 7.75. The topological polar surface area (TPSA) is 50.3 Å². The van der Waals surface area contributed by atoms with Crippen molar-refractivity contribution in [1.29, 1.82) is 0 Å². The Morgan fingerprint density at radius 1 is 1.25 bits per heavy atom. The normalized spacial score (nSPS) is 17.1. The number of nitrogens with one attached hydrogen (secondary N) is 1. The van der Waals surface area contributed by atoms with E-state index < -0.39 is 0 Å². The summed E-state index contributed by atoms with van der Waals surface area (Å²) in [5, 5.41) is 6.65. The number of nitrogens with zero attached hydrogens (tertiary/aromatic N) is 3. The van der Waals surface area contributed by atoms with Gasteiger partial charge >= 0.3 is 0 Å². The number of piperazine rings is 1. The largest absolute Gasteiger partial charge is 0.486 e. The van der Waals surface area contributed by atoms with E-state index in [1.165, 1.54) is 11.1 Å². The molecule has 1 fully saturated rings. The lowest BCUT2D eigenvalue weighted by Gasteiger charge is -2.35. The van der Waals surface area contributed by atoms with Gasteiger partial charge in [-0.1, -0.05) is 23.8 Å². The molecule has 2 aromatic heterocycles. The summed E-state index contributed by atoms with van der Waals surface area (Å²) in [5.41, 5.74) is 3.60. The van der Waals surface area contributed by atoms with Gasteiger partial charge in [0.1, 0.15) is 17.4 Å². The molecule has 7 heteroatoms.